The van der Waals surface area contributed by atoms with Crippen molar-refractivity contribution >= 4 is 18.5 Å². The van der Waals surface area contributed by atoms with Crippen molar-refractivity contribution in [3.63, 3.8) is 0 Å². The predicted molar refractivity (Wildman–Crippen MR) is 69.5 cm³/mol. The van der Waals surface area contributed by atoms with E-state index in [1.807, 2.05) is 0 Å². The summed E-state index contributed by atoms with van der Waals surface area (Å²) in [5.74, 6) is -0.191. The Balaban J connectivity index is 1.95. The lowest BCUT2D eigenvalue weighted by molar-refractivity contribution is -0.144. The van der Waals surface area contributed by atoms with Crippen molar-refractivity contribution in [1.82, 2.24) is 0 Å². The van der Waals surface area contributed by atoms with Crippen LogP contribution in [0.1, 0.15) is 44.9 Å². The number of aliphatic carboxylic acids is 1. The molecule has 0 amide bonds. The number of aldehydes is 2. The lowest BCUT2D eigenvalue weighted by atomic mass is 9.65. The summed E-state index contributed by atoms with van der Waals surface area (Å²) in [5.41, 5.74) is 0. The highest BCUT2D eigenvalue weighted by Gasteiger charge is 2.38. The topological polar surface area (TPSA) is 71.4 Å². The number of carboxylic acid groups (broad SMARTS) is 1. The summed E-state index contributed by atoms with van der Waals surface area (Å²) < 4.78 is 0. The van der Waals surface area contributed by atoms with Crippen molar-refractivity contribution in [1.29, 1.82) is 0 Å². The average molecular weight is 266 g/mol. The van der Waals surface area contributed by atoms with Gasteiger partial charge in [-0.25, -0.2) is 0 Å². The van der Waals surface area contributed by atoms with Crippen molar-refractivity contribution in [3.8, 4) is 0 Å². The smallest absolute Gasteiger partial charge is 0.306 e. The molecule has 2 aliphatic rings. The van der Waals surface area contributed by atoms with Gasteiger partial charge in [0.25, 0.3) is 0 Å². The number of carbonyl (C=O) groups excluding carboxylic acids is 2. The maximum atomic E-state index is 11.3. The molecule has 2 saturated carbocycles. The monoisotopic (exact) mass is 266 g/mol. The minimum absolute atomic E-state index is 0.104. The van der Waals surface area contributed by atoms with Crippen LogP contribution in [0.25, 0.3) is 0 Å². The van der Waals surface area contributed by atoms with Crippen molar-refractivity contribution < 1.29 is 19.5 Å². The molecule has 0 bridgehead atoms. The van der Waals surface area contributed by atoms with Crippen LogP contribution in [-0.2, 0) is 14.4 Å². The summed E-state index contributed by atoms with van der Waals surface area (Å²) >= 11 is 0. The fourth-order valence-electron chi connectivity index (χ4n) is 3.90. The summed E-state index contributed by atoms with van der Waals surface area (Å²) in [6.07, 6.45) is 7.93. The Morgan fingerprint density at radius 3 is 2.16 bits per heavy atom. The molecule has 1 N–H and O–H groups in total. The third kappa shape index (κ3) is 3.23. The van der Waals surface area contributed by atoms with Gasteiger partial charge in [0.1, 0.15) is 12.6 Å². The number of carboxylic acids is 1. The molecule has 4 nitrogen and oxygen atoms in total. The van der Waals surface area contributed by atoms with E-state index < -0.39 is 5.97 Å². The molecule has 0 saturated heterocycles. The van der Waals surface area contributed by atoms with E-state index in [9.17, 15) is 14.4 Å². The van der Waals surface area contributed by atoms with Crippen molar-refractivity contribution in [2.45, 2.75) is 44.9 Å². The Hall–Kier alpha value is -1.19. The van der Waals surface area contributed by atoms with Gasteiger partial charge in [-0.3, -0.25) is 4.79 Å². The highest BCUT2D eigenvalue weighted by Crippen LogP contribution is 2.43. The molecule has 3 atom stereocenters. The van der Waals surface area contributed by atoms with Crippen molar-refractivity contribution in [2.75, 3.05) is 0 Å². The van der Waals surface area contributed by atoms with Gasteiger partial charge in [0.2, 0.25) is 0 Å². The quantitative estimate of drug-likeness (QED) is 0.793. The second-order valence-electron chi connectivity index (χ2n) is 6.12. The molecule has 19 heavy (non-hydrogen) atoms. The Morgan fingerprint density at radius 2 is 1.63 bits per heavy atom. The van der Waals surface area contributed by atoms with Gasteiger partial charge in [-0.1, -0.05) is 0 Å². The minimum Gasteiger partial charge on any atom is -0.481 e. The van der Waals surface area contributed by atoms with Crippen LogP contribution < -0.4 is 0 Å². The Bertz CT molecular complexity index is 344. The predicted octanol–water partition coefficient (Wildman–Crippen LogP) is 2.31. The van der Waals surface area contributed by atoms with Gasteiger partial charge in [0, 0.05) is 11.8 Å². The number of rotatable bonds is 4. The molecule has 0 aliphatic heterocycles. The van der Waals surface area contributed by atoms with Crippen molar-refractivity contribution in [2.24, 2.45) is 29.6 Å². The minimum atomic E-state index is -0.769. The zero-order chi connectivity index (χ0) is 13.8. The highest BCUT2D eigenvalue weighted by atomic mass is 16.4. The molecule has 0 aromatic carbocycles. The molecule has 0 aromatic heterocycles. The van der Waals surface area contributed by atoms with Crippen LogP contribution in [0, 0.1) is 29.6 Å². The van der Waals surface area contributed by atoms with Gasteiger partial charge in [0.15, 0.2) is 0 Å². The second-order valence-corrected chi connectivity index (χ2v) is 6.12. The van der Waals surface area contributed by atoms with Gasteiger partial charge in [-0.2, -0.15) is 0 Å². The van der Waals surface area contributed by atoms with E-state index in [2.05, 4.69) is 0 Å². The lowest BCUT2D eigenvalue weighted by Crippen LogP contribution is -2.35. The van der Waals surface area contributed by atoms with E-state index in [4.69, 9.17) is 5.11 Å². The number of hydrogen-bond donors (Lipinski definition) is 1. The molecule has 2 rings (SSSR count). The van der Waals surface area contributed by atoms with Crippen LogP contribution >= 0.6 is 0 Å². The summed E-state index contributed by atoms with van der Waals surface area (Å²) in [5, 5.41) is 9.06. The van der Waals surface area contributed by atoms with E-state index in [0.29, 0.717) is 24.7 Å². The zero-order valence-electron chi connectivity index (χ0n) is 11.2. The van der Waals surface area contributed by atoms with E-state index in [0.717, 1.165) is 44.7 Å². The molecule has 2 aliphatic carbocycles. The fourth-order valence-corrected chi connectivity index (χ4v) is 3.90. The normalized spacial score (nSPS) is 39.5. The van der Waals surface area contributed by atoms with Gasteiger partial charge in [-0.15, -0.1) is 0 Å². The Morgan fingerprint density at radius 1 is 0.947 bits per heavy atom. The van der Waals surface area contributed by atoms with Gasteiger partial charge < -0.3 is 14.7 Å². The summed E-state index contributed by atoms with van der Waals surface area (Å²) in [6, 6.07) is 0. The molecule has 2 fully saturated rings. The maximum absolute atomic E-state index is 11.3. The molecule has 3 unspecified atom stereocenters. The van der Waals surface area contributed by atoms with E-state index in [1.165, 1.54) is 0 Å². The van der Waals surface area contributed by atoms with E-state index in [1.54, 1.807) is 0 Å². The lowest BCUT2D eigenvalue weighted by Gasteiger charge is -2.39. The molecule has 0 radical (unpaired) electrons. The molecule has 106 valence electrons. The van der Waals surface area contributed by atoms with E-state index >= 15 is 0 Å². The SMILES string of the molecule is O=CC1CCC(C2CCC(C(=O)O)CC2C=O)CC1. The number of hydrogen-bond acceptors (Lipinski definition) is 3. The van der Waals surface area contributed by atoms with E-state index in [-0.39, 0.29) is 17.8 Å². The van der Waals surface area contributed by atoms with Crippen LogP contribution in [0.5, 0.6) is 0 Å². The number of carbonyl (C=O) groups is 3. The van der Waals surface area contributed by atoms with Gasteiger partial charge in [-0.05, 0) is 56.8 Å². The Kier molecular flexibility index (Phi) is 4.72. The van der Waals surface area contributed by atoms with Crippen LogP contribution in [0.4, 0.5) is 0 Å². The molecule has 4 heteroatoms. The van der Waals surface area contributed by atoms with Gasteiger partial charge >= 0.3 is 5.97 Å². The molecule has 0 heterocycles. The molecule has 0 spiro atoms. The third-order valence-electron chi connectivity index (χ3n) is 5.09. The van der Waals surface area contributed by atoms with Crippen molar-refractivity contribution in [3.05, 3.63) is 0 Å². The van der Waals surface area contributed by atoms with Crippen LogP contribution in [0.2, 0.25) is 0 Å². The first-order valence-electron chi connectivity index (χ1n) is 7.29. The van der Waals surface area contributed by atoms with Crippen LogP contribution in [-0.4, -0.2) is 23.6 Å². The zero-order valence-corrected chi connectivity index (χ0v) is 11.2. The Labute approximate surface area is 113 Å². The second kappa shape index (κ2) is 6.31. The standard InChI is InChI=1S/C15H22O4/c16-8-10-1-3-11(4-2-10)14-6-5-12(15(18)19)7-13(14)9-17/h8-14H,1-7H2,(H,18,19). The van der Waals surface area contributed by atoms with Crippen LogP contribution in [0.15, 0.2) is 0 Å². The fraction of sp³-hybridized carbons (Fsp3) is 0.800. The maximum Gasteiger partial charge on any atom is 0.306 e. The molecular weight excluding hydrogens is 244 g/mol. The first-order valence-corrected chi connectivity index (χ1v) is 7.29. The summed E-state index contributed by atoms with van der Waals surface area (Å²) in [4.78, 5) is 33.0. The van der Waals surface area contributed by atoms with Gasteiger partial charge in [0.05, 0.1) is 5.92 Å². The molecule has 0 aromatic rings. The first-order chi connectivity index (χ1) is 9.15. The third-order valence-corrected chi connectivity index (χ3v) is 5.09. The summed E-state index contributed by atoms with van der Waals surface area (Å²) in [7, 11) is 0. The first kappa shape index (κ1) is 14.2. The highest BCUT2D eigenvalue weighted by molar-refractivity contribution is 5.71. The summed E-state index contributed by atoms with van der Waals surface area (Å²) in [6.45, 7) is 0. The molecular formula is C15H22O4. The average Bonchev–Trinajstić information content (AvgIpc) is 2.46. The largest absolute Gasteiger partial charge is 0.481 e. The van der Waals surface area contributed by atoms with Crippen LogP contribution in [0.3, 0.4) is 0 Å².